The largest absolute Gasteiger partial charge is 0.100 e. The fourth-order valence-corrected chi connectivity index (χ4v) is 8.17. The fraction of sp³-hybridized carbons (Fsp3) is 0.917. The van der Waals surface area contributed by atoms with Crippen LogP contribution in [0.3, 0.4) is 0 Å². The third kappa shape index (κ3) is 2.71. The Morgan fingerprint density at radius 3 is 2.38 bits per heavy atom. The van der Waals surface area contributed by atoms with Crippen molar-refractivity contribution in [2.75, 3.05) is 0 Å². The quantitative estimate of drug-likeness (QED) is 0.468. The van der Waals surface area contributed by atoms with Gasteiger partial charge in [0.1, 0.15) is 0 Å². The second-order valence-electron chi connectivity index (χ2n) is 11.3. The van der Waals surface area contributed by atoms with Crippen LogP contribution < -0.4 is 0 Å². The van der Waals surface area contributed by atoms with E-state index in [1.807, 2.05) is 0 Å². The average molecular weight is 329 g/mol. The van der Waals surface area contributed by atoms with Crippen LogP contribution in [0.15, 0.2) is 12.2 Å². The van der Waals surface area contributed by atoms with E-state index in [0.717, 1.165) is 35.5 Å². The van der Waals surface area contributed by atoms with Gasteiger partial charge in [-0.15, -0.1) is 6.58 Å². The predicted molar refractivity (Wildman–Crippen MR) is 104 cm³/mol. The van der Waals surface area contributed by atoms with Crippen LogP contribution in [0, 0.1) is 46.3 Å². The van der Waals surface area contributed by atoms with Crippen LogP contribution in [0.2, 0.25) is 0 Å². The number of hydrogen-bond donors (Lipinski definition) is 0. The molecule has 0 saturated heterocycles. The Morgan fingerprint density at radius 2 is 1.62 bits per heavy atom. The molecule has 24 heavy (non-hydrogen) atoms. The van der Waals surface area contributed by atoms with Gasteiger partial charge in [0.15, 0.2) is 0 Å². The lowest BCUT2D eigenvalue weighted by Crippen LogP contribution is -2.49. The second-order valence-corrected chi connectivity index (χ2v) is 11.3. The normalized spacial score (nSPS) is 49.8. The van der Waals surface area contributed by atoms with Crippen molar-refractivity contribution < 1.29 is 0 Å². The molecule has 136 valence electrons. The molecule has 0 N–H and O–H groups in total. The summed E-state index contributed by atoms with van der Waals surface area (Å²) in [6.07, 6.45) is 15.0. The van der Waals surface area contributed by atoms with E-state index in [1.165, 1.54) is 50.5 Å². The summed E-state index contributed by atoms with van der Waals surface area (Å²) in [6, 6.07) is 0. The lowest BCUT2D eigenvalue weighted by molar-refractivity contribution is -0.0756. The summed E-state index contributed by atoms with van der Waals surface area (Å²) in [4.78, 5) is 0. The second kappa shape index (κ2) is 5.88. The van der Waals surface area contributed by atoms with Gasteiger partial charge in [-0.2, -0.15) is 0 Å². The predicted octanol–water partition coefficient (Wildman–Crippen LogP) is 7.25. The molecule has 0 bridgehead atoms. The van der Waals surface area contributed by atoms with E-state index in [0.29, 0.717) is 10.8 Å². The van der Waals surface area contributed by atoms with Gasteiger partial charge in [-0.1, -0.05) is 26.3 Å². The van der Waals surface area contributed by atoms with Gasteiger partial charge >= 0.3 is 0 Å². The van der Waals surface area contributed by atoms with Crippen LogP contribution in [0.25, 0.3) is 0 Å². The van der Waals surface area contributed by atoms with Crippen molar-refractivity contribution >= 4 is 0 Å². The summed E-state index contributed by atoms with van der Waals surface area (Å²) in [5.74, 6) is 6.27. The van der Waals surface area contributed by atoms with Crippen molar-refractivity contribution in [2.45, 2.75) is 91.9 Å². The van der Waals surface area contributed by atoms with Gasteiger partial charge in [-0.05, 0) is 117 Å². The Labute approximate surface area is 150 Å². The van der Waals surface area contributed by atoms with Crippen LogP contribution in [0.5, 0.6) is 0 Å². The molecule has 0 aromatic heterocycles. The highest BCUT2D eigenvalue weighted by Gasteiger charge is 2.56. The minimum absolute atomic E-state index is 0.622. The summed E-state index contributed by atoms with van der Waals surface area (Å²) in [5.41, 5.74) is 2.68. The SMILES string of the molecule is C=C(C)CC1CCC2C3CCC4CC(C)(C)CCC4C3CCC12C. The third-order valence-corrected chi connectivity index (χ3v) is 9.28. The van der Waals surface area contributed by atoms with E-state index in [4.69, 9.17) is 0 Å². The molecule has 4 rings (SSSR count). The van der Waals surface area contributed by atoms with E-state index in [-0.39, 0.29) is 0 Å². The Balaban J connectivity index is 1.52. The maximum Gasteiger partial charge on any atom is -0.0263 e. The molecule has 4 fully saturated rings. The maximum absolute atomic E-state index is 4.24. The molecule has 0 radical (unpaired) electrons. The van der Waals surface area contributed by atoms with Gasteiger partial charge in [0.05, 0.1) is 0 Å². The van der Waals surface area contributed by atoms with Crippen LogP contribution >= 0.6 is 0 Å². The zero-order chi connectivity index (χ0) is 17.1. The van der Waals surface area contributed by atoms with Gasteiger partial charge in [0.2, 0.25) is 0 Å². The van der Waals surface area contributed by atoms with E-state index in [1.54, 1.807) is 19.3 Å². The molecule has 0 aliphatic heterocycles. The molecule has 0 aromatic rings. The number of allylic oxidation sites excluding steroid dienone is 1. The zero-order valence-electron chi connectivity index (χ0n) is 16.7. The van der Waals surface area contributed by atoms with Crippen molar-refractivity contribution in [3.63, 3.8) is 0 Å². The first kappa shape index (κ1) is 17.2. The number of hydrogen-bond acceptors (Lipinski definition) is 0. The molecule has 4 aliphatic carbocycles. The topological polar surface area (TPSA) is 0 Å². The smallest absolute Gasteiger partial charge is 0.0263 e. The van der Waals surface area contributed by atoms with Gasteiger partial charge < -0.3 is 0 Å². The van der Waals surface area contributed by atoms with Crippen molar-refractivity contribution in [3.8, 4) is 0 Å². The Morgan fingerprint density at radius 1 is 0.875 bits per heavy atom. The van der Waals surface area contributed by atoms with Crippen molar-refractivity contribution in [2.24, 2.45) is 46.3 Å². The minimum Gasteiger partial charge on any atom is -0.100 e. The number of rotatable bonds is 2. The molecule has 0 aromatic carbocycles. The van der Waals surface area contributed by atoms with Crippen molar-refractivity contribution in [1.29, 1.82) is 0 Å². The minimum atomic E-state index is 0.622. The lowest BCUT2D eigenvalue weighted by Gasteiger charge is -2.57. The summed E-state index contributed by atoms with van der Waals surface area (Å²) in [6.45, 7) is 14.2. The Bertz CT molecular complexity index is 500. The molecule has 0 heterocycles. The summed E-state index contributed by atoms with van der Waals surface area (Å²) < 4.78 is 0. The van der Waals surface area contributed by atoms with E-state index < -0.39 is 0 Å². The highest BCUT2D eigenvalue weighted by molar-refractivity contribution is 5.08. The first-order valence-electron chi connectivity index (χ1n) is 10.9. The third-order valence-electron chi connectivity index (χ3n) is 9.28. The highest BCUT2D eigenvalue weighted by Crippen LogP contribution is 2.65. The van der Waals surface area contributed by atoms with E-state index in [9.17, 15) is 0 Å². The van der Waals surface area contributed by atoms with E-state index >= 15 is 0 Å². The molecule has 0 spiro atoms. The average Bonchev–Trinajstić information content (AvgIpc) is 2.82. The van der Waals surface area contributed by atoms with Crippen LogP contribution in [0.4, 0.5) is 0 Å². The summed E-state index contributed by atoms with van der Waals surface area (Å²) in [7, 11) is 0. The first-order chi connectivity index (χ1) is 11.3. The summed E-state index contributed by atoms with van der Waals surface area (Å²) >= 11 is 0. The standard InChI is InChI=1S/C24H40/c1-16(2)14-18-7-9-22-21-8-6-17-15-23(3,4)12-10-19(17)20(21)11-13-24(18,22)5/h17-22H,1,6-15H2,2-5H3. The van der Waals surface area contributed by atoms with Gasteiger partial charge in [0, 0.05) is 0 Å². The molecule has 0 amide bonds. The molecule has 7 atom stereocenters. The van der Waals surface area contributed by atoms with Crippen LogP contribution in [-0.4, -0.2) is 0 Å². The zero-order valence-corrected chi connectivity index (χ0v) is 16.7. The lowest BCUT2D eigenvalue weighted by atomic mass is 9.48. The molecule has 0 heteroatoms. The fourth-order valence-electron chi connectivity index (χ4n) is 8.17. The van der Waals surface area contributed by atoms with Crippen molar-refractivity contribution in [1.82, 2.24) is 0 Å². The Kier molecular flexibility index (Phi) is 4.21. The molecule has 0 nitrogen and oxygen atoms in total. The van der Waals surface area contributed by atoms with Crippen LogP contribution in [0.1, 0.15) is 91.9 Å². The monoisotopic (exact) mass is 328 g/mol. The van der Waals surface area contributed by atoms with Gasteiger partial charge in [-0.25, -0.2) is 0 Å². The molecular weight excluding hydrogens is 288 g/mol. The van der Waals surface area contributed by atoms with Gasteiger partial charge in [0.25, 0.3) is 0 Å². The first-order valence-corrected chi connectivity index (χ1v) is 10.9. The molecule has 4 saturated carbocycles. The van der Waals surface area contributed by atoms with Gasteiger partial charge in [-0.3, -0.25) is 0 Å². The van der Waals surface area contributed by atoms with E-state index in [2.05, 4.69) is 34.3 Å². The molecule has 4 aliphatic rings. The number of fused-ring (bicyclic) bond motifs is 5. The molecule has 7 unspecified atom stereocenters. The molecular formula is C24H40. The van der Waals surface area contributed by atoms with Crippen molar-refractivity contribution in [3.05, 3.63) is 12.2 Å². The maximum atomic E-state index is 4.24. The Hall–Kier alpha value is -0.260. The van der Waals surface area contributed by atoms with Crippen LogP contribution in [-0.2, 0) is 0 Å². The summed E-state index contributed by atoms with van der Waals surface area (Å²) in [5, 5.41) is 0. The highest BCUT2D eigenvalue weighted by atomic mass is 14.6.